The minimum Gasteiger partial charge on any atom is -0.390 e. The molecule has 0 aromatic heterocycles. The normalized spacial score (nSPS) is 17.3. The van der Waals surface area contributed by atoms with E-state index >= 15 is 0 Å². The summed E-state index contributed by atoms with van der Waals surface area (Å²) in [6.45, 7) is 3.29. The van der Waals surface area contributed by atoms with Crippen LogP contribution in [0.15, 0.2) is 0 Å². The third-order valence-corrected chi connectivity index (χ3v) is 1.56. The summed E-state index contributed by atoms with van der Waals surface area (Å²) in [7, 11) is 0. The number of hydrogen-bond donors (Lipinski definition) is 1. The zero-order chi connectivity index (χ0) is 7.28. The van der Waals surface area contributed by atoms with Crippen molar-refractivity contribution in [2.45, 2.75) is 32.8 Å². The van der Waals surface area contributed by atoms with Crippen molar-refractivity contribution < 1.29 is 9.50 Å². The van der Waals surface area contributed by atoms with Crippen LogP contribution in [0, 0.1) is 5.92 Å². The molecule has 56 valence electrons. The lowest BCUT2D eigenvalue weighted by Crippen LogP contribution is -2.19. The molecule has 2 atom stereocenters. The number of hydrogen-bond acceptors (Lipinski definition) is 1. The van der Waals surface area contributed by atoms with Crippen LogP contribution in [-0.2, 0) is 0 Å². The molecule has 0 saturated heterocycles. The predicted molar refractivity (Wildman–Crippen MR) is 36.1 cm³/mol. The summed E-state index contributed by atoms with van der Waals surface area (Å²) in [4.78, 5) is 0. The van der Waals surface area contributed by atoms with Gasteiger partial charge in [-0.2, -0.15) is 0 Å². The van der Waals surface area contributed by atoms with E-state index in [1.54, 1.807) is 0 Å². The zero-order valence-corrected chi connectivity index (χ0v) is 6.10. The van der Waals surface area contributed by atoms with Crippen molar-refractivity contribution in [3.8, 4) is 0 Å². The molecule has 9 heavy (non-hydrogen) atoms. The second-order valence-electron chi connectivity index (χ2n) is 2.49. The fraction of sp³-hybridized carbons (Fsp3) is 1.00. The Labute approximate surface area is 55.9 Å². The second-order valence-corrected chi connectivity index (χ2v) is 2.49. The van der Waals surface area contributed by atoms with Gasteiger partial charge in [-0.15, -0.1) is 0 Å². The average molecular weight is 134 g/mol. The fourth-order valence-corrected chi connectivity index (χ4v) is 0.800. The van der Waals surface area contributed by atoms with E-state index in [0.29, 0.717) is 0 Å². The smallest absolute Gasteiger partial charge is 0.116 e. The van der Waals surface area contributed by atoms with E-state index in [1.807, 2.05) is 13.8 Å². The predicted octanol–water partition coefficient (Wildman–Crippen LogP) is 1.75. The molecule has 0 spiro atoms. The van der Waals surface area contributed by atoms with Gasteiger partial charge >= 0.3 is 0 Å². The van der Waals surface area contributed by atoms with Gasteiger partial charge in [-0.1, -0.05) is 20.3 Å². The Bertz CT molecular complexity index is 65.9. The average Bonchev–Trinajstić information content (AvgIpc) is 1.87. The largest absolute Gasteiger partial charge is 0.390 e. The van der Waals surface area contributed by atoms with E-state index in [2.05, 4.69) is 0 Å². The first-order valence-electron chi connectivity index (χ1n) is 3.46. The second kappa shape index (κ2) is 4.74. The van der Waals surface area contributed by atoms with Crippen LogP contribution in [0.25, 0.3) is 0 Å². The van der Waals surface area contributed by atoms with Crippen LogP contribution in [0.4, 0.5) is 4.39 Å². The molecule has 2 unspecified atom stereocenters. The number of halogens is 1. The van der Waals surface area contributed by atoms with Crippen LogP contribution in [0.1, 0.15) is 26.7 Å². The Hall–Kier alpha value is -0.110. The lowest BCUT2D eigenvalue weighted by atomic mass is 10.0. The van der Waals surface area contributed by atoms with E-state index in [1.165, 1.54) is 0 Å². The topological polar surface area (TPSA) is 20.2 Å². The Balaban J connectivity index is 3.32. The summed E-state index contributed by atoms with van der Waals surface area (Å²) in [5, 5.41) is 8.88. The summed E-state index contributed by atoms with van der Waals surface area (Å²) < 4.78 is 11.7. The Morgan fingerprint density at radius 2 is 2.11 bits per heavy atom. The van der Waals surface area contributed by atoms with Gasteiger partial charge in [0.05, 0.1) is 6.10 Å². The van der Waals surface area contributed by atoms with Crippen LogP contribution in [0.3, 0.4) is 0 Å². The van der Waals surface area contributed by atoms with Gasteiger partial charge in [0, 0.05) is 0 Å². The molecule has 0 aromatic carbocycles. The molecule has 0 heterocycles. The molecule has 0 aromatic rings. The highest BCUT2D eigenvalue weighted by Gasteiger charge is 2.11. The molecule has 0 saturated carbocycles. The molecule has 2 heteroatoms. The van der Waals surface area contributed by atoms with Crippen molar-refractivity contribution >= 4 is 0 Å². The van der Waals surface area contributed by atoms with E-state index in [-0.39, 0.29) is 5.92 Å². The first-order valence-corrected chi connectivity index (χ1v) is 3.46. The van der Waals surface area contributed by atoms with Gasteiger partial charge in [0.1, 0.15) is 6.67 Å². The molecule has 0 radical (unpaired) electrons. The third kappa shape index (κ3) is 3.46. The molecule has 0 bridgehead atoms. The van der Waals surface area contributed by atoms with Gasteiger partial charge in [0.2, 0.25) is 0 Å². The molecule has 0 fully saturated rings. The summed E-state index contributed by atoms with van der Waals surface area (Å²) in [6, 6.07) is 0. The number of alkyl halides is 1. The van der Waals surface area contributed by atoms with Gasteiger partial charge in [0.15, 0.2) is 0 Å². The summed E-state index contributed by atoms with van der Waals surface area (Å²) in [6.07, 6.45) is 1.17. The minimum absolute atomic E-state index is 0.111. The standard InChI is InChI=1S/C7H15FO/c1-3-4-6(2)7(9)5-8/h6-7,9H,3-5H2,1-2H3. The lowest BCUT2D eigenvalue weighted by Gasteiger charge is -2.13. The molecule has 0 rings (SSSR count). The van der Waals surface area contributed by atoms with Gasteiger partial charge in [-0.3, -0.25) is 0 Å². The Kier molecular flexibility index (Phi) is 4.68. The van der Waals surface area contributed by atoms with Gasteiger partial charge in [-0.25, -0.2) is 4.39 Å². The van der Waals surface area contributed by atoms with Crippen molar-refractivity contribution in [3.63, 3.8) is 0 Å². The van der Waals surface area contributed by atoms with E-state index in [4.69, 9.17) is 5.11 Å². The van der Waals surface area contributed by atoms with Crippen LogP contribution in [-0.4, -0.2) is 17.9 Å². The fourth-order valence-electron chi connectivity index (χ4n) is 0.800. The number of aliphatic hydroxyl groups is 1. The van der Waals surface area contributed by atoms with Gasteiger partial charge < -0.3 is 5.11 Å². The molecule has 0 aliphatic heterocycles. The summed E-state index contributed by atoms with van der Waals surface area (Å²) >= 11 is 0. The minimum atomic E-state index is -0.745. The third-order valence-electron chi connectivity index (χ3n) is 1.56. The van der Waals surface area contributed by atoms with Crippen molar-refractivity contribution in [2.75, 3.05) is 6.67 Å². The SMILES string of the molecule is CCCC(C)C(O)CF. The monoisotopic (exact) mass is 134 g/mol. The van der Waals surface area contributed by atoms with Crippen molar-refractivity contribution in [1.82, 2.24) is 0 Å². The number of aliphatic hydroxyl groups excluding tert-OH is 1. The first kappa shape index (κ1) is 8.89. The molecule has 0 amide bonds. The first-order chi connectivity index (χ1) is 4.22. The van der Waals surface area contributed by atoms with Gasteiger partial charge in [0.25, 0.3) is 0 Å². The van der Waals surface area contributed by atoms with Gasteiger partial charge in [-0.05, 0) is 12.3 Å². The Morgan fingerprint density at radius 3 is 2.44 bits per heavy atom. The molecule has 1 nitrogen and oxygen atoms in total. The van der Waals surface area contributed by atoms with Crippen LogP contribution < -0.4 is 0 Å². The number of rotatable bonds is 4. The van der Waals surface area contributed by atoms with E-state index in [9.17, 15) is 4.39 Å². The molecular formula is C7H15FO. The van der Waals surface area contributed by atoms with E-state index in [0.717, 1.165) is 12.8 Å². The maximum absolute atomic E-state index is 11.7. The molecule has 1 N–H and O–H groups in total. The maximum Gasteiger partial charge on any atom is 0.116 e. The van der Waals surface area contributed by atoms with Crippen LogP contribution >= 0.6 is 0 Å². The van der Waals surface area contributed by atoms with Crippen LogP contribution in [0.5, 0.6) is 0 Å². The highest BCUT2D eigenvalue weighted by Crippen LogP contribution is 2.10. The van der Waals surface area contributed by atoms with Crippen molar-refractivity contribution in [3.05, 3.63) is 0 Å². The highest BCUT2D eigenvalue weighted by atomic mass is 19.1. The highest BCUT2D eigenvalue weighted by molar-refractivity contribution is 4.61. The zero-order valence-electron chi connectivity index (χ0n) is 6.10. The summed E-state index contributed by atoms with van der Waals surface area (Å²) in [5.41, 5.74) is 0. The van der Waals surface area contributed by atoms with Crippen LogP contribution in [0.2, 0.25) is 0 Å². The van der Waals surface area contributed by atoms with Crippen molar-refractivity contribution in [2.24, 2.45) is 5.92 Å². The van der Waals surface area contributed by atoms with E-state index < -0.39 is 12.8 Å². The Morgan fingerprint density at radius 1 is 1.56 bits per heavy atom. The maximum atomic E-state index is 11.7. The molecule has 0 aliphatic carbocycles. The summed E-state index contributed by atoms with van der Waals surface area (Å²) in [5.74, 6) is 0.111. The molecular weight excluding hydrogens is 119 g/mol. The lowest BCUT2D eigenvalue weighted by molar-refractivity contribution is 0.0842. The quantitative estimate of drug-likeness (QED) is 0.621. The van der Waals surface area contributed by atoms with Crippen molar-refractivity contribution in [1.29, 1.82) is 0 Å². The molecule has 0 aliphatic rings.